The van der Waals surface area contributed by atoms with E-state index in [1.807, 2.05) is 45.7 Å². The minimum absolute atomic E-state index is 0.0637. The fourth-order valence-electron chi connectivity index (χ4n) is 0.154. The summed E-state index contributed by atoms with van der Waals surface area (Å²) in [6, 6.07) is -0.385. The first-order valence-electron chi connectivity index (χ1n) is 1.97. The van der Waals surface area contributed by atoms with Gasteiger partial charge in [-0.3, -0.25) is 4.79 Å². The molecule has 2 N–H and O–H groups in total. The summed E-state index contributed by atoms with van der Waals surface area (Å²) in [7, 11) is 0. The molecule has 0 radical (unpaired) electrons. The van der Waals surface area contributed by atoms with E-state index in [4.69, 9.17) is 5.73 Å². The molecule has 0 saturated carbocycles. The molecule has 0 aliphatic carbocycles. The Morgan fingerprint density at radius 3 is 2.12 bits per heavy atom. The van der Waals surface area contributed by atoms with Crippen LogP contribution in [0.5, 0.6) is 0 Å². The number of hydrogen-bond acceptors (Lipinski definition) is 2. The van der Waals surface area contributed by atoms with Gasteiger partial charge in [-0.05, 0) is 6.92 Å². The molecule has 0 bridgehead atoms. The molecule has 1 atom stereocenters. The number of nitrogens with two attached hydrogens (primary N) is 1. The van der Waals surface area contributed by atoms with Crippen molar-refractivity contribution in [3.05, 3.63) is 0 Å². The Kier molecular flexibility index (Phi) is 4.26. The van der Waals surface area contributed by atoms with E-state index in [-0.39, 0.29) is 11.9 Å². The monoisotopic (exact) mass is 340 g/mol. The summed E-state index contributed by atoms with van der Waals surface area (Å²) < 4.78 is 1.42. The maximum absolute atomic E-state index is 10.6. The van der Waals surface area contributed by atoms with Gasteiger partial charge in [0.2, 0.25) is 0 Å². The van der Waals surface area contributed by atoms with Crippen LogP contribution in [0.2, 0.25) is 0 Å². The third-order valence-corrected chi connectivity index (χ3v) is 1.51. The Morgan fingerprint density at radius 2 is 2.12 bits per heavy atom. The van der Waals surface area contributed by atoms with Gasteiger partial charge in [-0.25, -0.2) is 1.33 Å². The normalized spacial score (nSPS) is 13.0. The first kappa shape index (κ1) is 8.89. The summed E-state index contributed by atoms with van der Waals surface area (Å²) in [6.07, 6.45) is 0. The van der Waals surface area contributed by atoms with Crippen LogP contribution in [-0.4, -0.2) is 13.3 Å². The highest BCUT2D eigenvalue weighted by Crippen LogP contribution is 2.07. The molecule has 1 unspecified atom stereocenters. The van der Waals surface area contributed by atoms with Crippen LogP contribution < -0.4 is 5.73 Å². The summed E-state index contributed by atoms with van der Waals surface area (Å²) in [5, 5.41) is 0. The van der Waals surface area contributed by atoms with Gasteiger partial charge in [0.15, 0.2) is 0 Å². The zero-order valence-electron chi connectivity index (χ0n) is 4.27. The summed E-state index contributed by atoms with van der Waals surface area (Å²) >= 11 is 3.75. The molecule has 5 heteroatoms. The molecule has 3 nitrogen and oxygen atoms in total. The van der Waals surface area contributed by atoms with Gasteiger partial charge in [-0.2, -0.15) is 0 Å². The molecule has 0 saturated heterocycles. The second-order valence-corrected chi connectivity index (χ2v) is 5.14. The van der Waals surface area contributed by atoms with Gasteiger partial charge in [-0.1, -0.05) is 0 Å². The zero-order chi connectivity index (χ0) is 6.73. The first-order valence-corrected chi connectivity index (χ1v) is 3.89. The Hall–Kier alpha value is 0.890. The number of carbonyl (C=O) groups excluding carboxylic acids is 1. The lowest BCUT2D eigenvalue weighted by molar-refractivity contribution is -0.122. The number of hydrogen-bond donors (Lipinski definition) is 1. The third kappa shape index (κ3) is 3.02. The van der Waals surface area contributed by atoms with Crippen LogP contribution in [0.1, 0.15) is 6.92 Å². The van der Waals surface area contributed by atoms with Crippen molar-refractivity contribution in [2.24, 2.45) is 5.73 Å². The van der Waals surface area contributed by atoms with E-state index in [9.17, 15) is 4.79 Å². The SMILES string of the molecule is CC(N)C(=O)N(I)I. The smallest absolute Gasteiger partial charge is 0.256 e. The molecule has 0 aliphatic rings. The third-order valence-electron chi connectivity index (χ3n) is 0.556. The molecule has 0 aliphatic heterocycles. The Balaban J connectivity index is 3.65. The second-order valence-electron chi connectivity index (χ2n) is 1.36. The number of carbonyl (C=O) groups is 1. The van der Waals surface area contributed by atoms with Crippen molar-refractivity contribution >= 4 is 51.6 Å². The van der Waals surface area contributed by atoms with Crippen molar-refractivity contribution in [3.8, 4) is 0 Å². The van der Waals surface area contributed by atoms with Crippen LogP contribution in [0.25, 0.3) is 0 Å². The highest BCUT2D eigenvalue weighted by atomic mass is 127. The van der Waals surface area contributed by atoms with E-state index in [2.05, 4.69) is 0 Å². The molecular formula is C3H6I2N2O. The van der Waals surface area contributed by atoms with Crippen LogP contribution in [0.3, 0.4) is 0 Å². The zero-order valence-corrected chi connectivity index (χ0v) is 8.58. The van der Waals surface area contributed by atoms with E-state index < -0.39 is 0 Å². The lowest BCUT2D eigenvalue weighted by atomic mass is 10.4. The van der Waals surface area contributed by atoms with Gasteiger partial charge in [-0.15, -0.1) is 0 Å². The molecule has 0 aromatic heterocycles. The van der Waals surface area contributed by atoms with E-state index in [1.165, 1.54) is 1.33 Å². The van der Waals surface area contributed by atoms with Crippen molar-refractivity contribution in [3.63, 3.8) is 0 Å². The topological polar surface area (TPSA) is 46.3 Å². The molecule has 0 heterocycles. The molecule has 8 heavy (non-hydrogen) atoms. The van der Waals surface area contributed by atoms with Crippen molar-refractivity contribution < 1.29 is 4.79 Å². The molecule has 0 spiro atoms. The van der Waals surface area contributed by atoms with Crippen LogP contribution in [0.4, 0.5) is 0 Å². The van der Waals surface area contributed by atoms with Gasteiger partial charge in [0, 0.05) is 0 Å². The summed E-state index contributed by atoms with van der Waals surface area (Å²) in [5.74, 6) is -0.0637. The molecule has 0 aromatic rings. The minimum atomic E-state index is -0.385. The Bertz CT molecular complexity index is 83.3. The summed E-state index contributed by atoms with van der Waals surface area (Å²) in [4.78, 5) is 10.6. The maximum atomic E-state index is 10.6. The lowest BCUT2D eigenvalue weighted by Gasteiger charge is -2.06. The highest BCUT2D eigenvalue weighted by molar-refractivity contribution is 14.2. The van der Waals surface area contributed by atoms with E-state index >= 15 is 0 Å². The van der Waals surface area contributed by atoms with Crippen LogP contribution >= 0.6 is 45.7 Å². The van der Waals surface area contributed by atoms with Gasteiger partial charge < -0.3 is 5.73 Å². The fourth-order valence-corrected chi connectivity index (χ4v) is 1.03. The maximum Gasteiger partial charge on any atom is 0.256 e. The second kappa shape index (κ2) is 3.83. The van der Waals surface area contributed by atoms with Crippen LogP contribution in [0, 0.1) is 0 Å². The largest absolute Gasteiger partial charge is 0.320 e. The van der Waals surface area contributed by atoms with Crippen molar-refractivity contribution in [1.29, 1.82) is 0 Å². The predicted molar refractivity (Wildman–Crippen MR) is 48.5 cm³/mol. The molecule has 48 valence electrons. The molecule has 0 rings (SSSR count). The number of halogens is 2. The number of nitrogens with zero attached hydrogens (tertiary/aromatic N) is 1. The molecule has 1 amide bonds. The van der Waals surface area contributed by atoms with Gasteiger partial charge >= 0.3 is 0 Å². The van der Waals surface area contributed by atoms with E-state index in [1.54, 1.807) is 6.92 Å². The van der Waals surface area contributed by atoms with E-state index in [0.29, 0.717) is 0 Å². The van der Waals surface area contributed by atoms with Crippen molar-refractivity contribution in [1.82, 2.24) is 1.33 Å². The number of rotatable bonds is 1. The molecule has 0 fully saturated rings. The van der Waals surface area contributed by atoms with Gasteiger partial charge in [0.25, 0.3) is 5.91 Å². The Morgan fingerprint density at radius 1 is 1.75 bits per heavy atom. The van der Waals surface area contributed by atoms with Gasteiger partial charge in [0.1, 0.15) is 0 Å². The average molecular weight is 340 g/mol. The average Bonchev–Trinajstić information content (AvgIpc) is 1.64. The quantitative estimate of drug-likeness (QED) is 0.569. The minimum Gasteiger partial charge on any atom is -0.320 e. The van der Waals surface area contributed by atoms with Crippen molar-refractivity contribution in [2.75, 3.05) is 0 Å². The van der Waals surface area contributed by atoms with Crippen molar-refractivity contribution in [2.45, 2.75) is 13.0 Å². The van der Waals surface area contributed by atoms with Gasteiger partial charge in [0.05, 0.1) is 51.8 Å². The Labute approximate surface area is 76.0 Å². The number of amides is 1. The summed E-state index contributed by atoms with van der Waals surface area (Å²) in [5.41, 5.74) is 5.24. The molecule has 0 aromatic carbocycles. The summed E-state index contributed by atoms with van der Waals surface area (Å²) in [6.45, 7) is 1.66. The lowest BCUT2D eigenvalue weighted by Crippen LogP contribution is -2.31. The predicted octanol–water partition coefficient (Wildman–Crippen LogP) is 0.862. The highest BCUT2D eigenvalue weighted by Gasteiger charge is 2.10. The van der Waals surface area contributed by atoms with Crippen LogP contribution in [-0.2, 0) is 4.79 Å². The fraction of sp³-hybridized carbons (Fsp3) is 0.667. The molecular weight excluding hydrogens is 334 g/mol. The van der Waals surface area contributed by atoms with Crippen LogP contribution in [0.15, 0.2) is 0 Å². The van der Waals surface area contributed by atoms with E-state index in [0.717, 1.165) is 0 Å². The first-order chi connectivity index (χ1) is 3.55. The standard InChI is InChI=1S/C3H6I2N2O/c1-2(6)3(8)7(4)5/h2H,6H2,1H3.